The summed E-state index contributed by atoms with van der Waals surface area (Å²) >= 11 is 1.61. The molecule has 7 rings (SSSR count). The van der Waals surface area contributed by atoms with Gasteiger partial charge in [0.05, 0.1) is 16.7 Å². The topological polar surface area (TPSA) is 45.4 Å². The van der Waals surface area contributed by atoms with E-state index in [0.717, 1.165) is 36.9 Å². The standard InChI is InChI=1S/C28H18BNO2S/c31-29(32)22-13-14-24(27-20-10-4-6-12-26(20)33-28(22)27)30-23-11-5-3-9-19(23)21-15-17-7-1-2-8-18(17)16-25(21)30/h1-16,31-32H. The molecule has 0 aliphatic carbocycles. The minimum absolute atomic E-state index is 0.543. The maximum Gasteiger partial charge on any atom is 0.489 e. The summed E-state index contributed by atoms with van der Waals surface area (Å²) in [6, 6.07) is 33.6. The molecule has 2 heterocycles. The lowest BCUT2D eigenvalue weighted by Crippen LogP contribution is -2.30. The zero-order valence-electron chi connectivity index (χ0n) is 17.6. The van der Waals surface area contributed by atoms with Crippen molar-refractivity contribution < 1.29 is 10.0 Å². The molecule has 0 aliphatic rings. The molecule has 0 bridgehead atoms. The molecule has 0 fully saturated rings. The first kappa shape index (κ1) is 18.9. The molecule has 3 nitrogen and oxygen atoms in total. The minimum Gasteiger partial charge on any atom is -0.423 e. The summed E-state index contributed by atoms with van der Waals surface area (Å²) in [4.78, 5) is 0. The van der Waals surface area contributed by atoms with E-state index in [-0.39, 0.29) is 0 Å². The van der Waals surface area contributed by atoms with E-state index >= 15 is 0 Å². The number of nitrogens with zero attached hydrogens (tertiary/aromatic N) is 1. The summed E-state index contributed by atoms with van der Waals surface area (Å²) in [5.41, 5.74) is 3.87. The molecular formula is C28H18BNO2S. The first-order chi connectivity index (χ1) is 16.2. The molecule has 0 saturated heterocycles. The van der Waals surface area contributed by atoms with Crippen LogP contribution in [-0.2, 0) is 0 Å². The Morgan fingerprint density at radius 3 is 2.15 bits per heavy atom. The van der Waals surface area contributed by atoms with Crippen LogP contribution in [0.15, 0.2) is 97.1 Å². The van der Waals surface area contributed by atoms with E-state index in [0.29, 0.717) is 5.46 Å². The Morgan fingerprint density at radius 1 is 0.636 bits per heavy atom. The van der Waals surface area contributed by atoms with E-state index in [4.69, 9.17) is 0 Å². The van der Waals surface area contributed by atoms with Crippen LogP contribution < -0.4 is 5.46 Å². The molecule has 2 aromatic heterocycles. The molecule has 0 unspecified atom stereocenters. The molecular weight excluding hydrogens is 425 g/mol. The van der Waals surface area contributed by atoms with Crippen molar-refractivity contribution in [3.8, 4) is 5.69 Å². The van der Waals surface area contributed by atoms with Crippen molar-refractivity contribution in [2.24, 2.45) is 0 Å². The number of hydrogen-bond donors (Lipinski definition) is 2. The summed E-state index contributed by atoms with van der Waals surface area (Å²) in [5.74, 6) is 0. The average Bonchev–Trinajstić information content (AvgIpc) is 3.38. The summed E-state index contributed by atoms with van der Waals surface area (Å²) in [5, 5.41) is 27.2. The van der Waals surface area contributed by atoms with Gasteiger partial charge in [0.2, 0.25) is 0 Å². The summed E-state index contributed by atoms with van der Waals surface area (Å²) < 4.78 is 4.37. The number of para-hydroxylation sites is 1. The van der Waals surface area contributed by atoms with E-state index < -0.39 is 7.12 Å². The van der Waals surface area contributed by atoms with Gasteiger partial charge in [-0.1, -0.05) is 66.7 Å². The number of hydrogen-bond acceptors (Lipinski definition) is 3. The molecule has 0 atom stereocenters. The molecule has 0 saturated carbocycles. The lowest BCUT2D eigenvalue weighted by atomic mass is 9.79. The van der Waals surface area contributed by atoms with Gasteiger partial charge < -0.3 is 14.6 Å². The van der Waals surface area contributed by atoms with Crippen LogP contribution in [0.25, 0.3) is 58.4 Å². The number of benzene rings is 5. The number of thiophene rings is 1. The zero-order valence-corrected chi connectivity index (χ0v) is 18.4. The molecule has 0 aliphatic heterocycles. The van der Waals surface area contributed by atoms with Crippen molar-refractivity contribution >= 4 is 76.7 Å². The Hall–Kier alpha value is -3.64. The Kier molecular flexibility index (Phi) is 3.97. The molecule has 5 aromatic carbocycles. The third kappa shape index (κ3) is 2.64. The molecule has 156 valence electrons. The van der Waals surface area contributed by atoms with Gasteiger partial charge in [-0.3, -0.25) is 0 Å². The lowest BCUT2D eigenvalue weighted by molar-refractivity contribution is 0.426. The van der Waals surface area contributed by atoms with Crippen molar-refractivity contribution in [1.29, 1.82) is 0 Å². The average molecular weight is 443 g/mol. The lowest BCUT2D eigenvalue weighted by Gasteiger charge is -2.13. The second-order valence-corrected chi connectivity index (χ2v) is 9.47. The summed E-state index contributed by atoms with van der Waals surface area (Å²) in [6.45, 7) is 0. The van der Waals surface area contributed by atoms with Crippen LogP contribution in [0, 0.1) is 0 Å². The Labute approximate surface area is 193 Å². The van der Waals surface area contributed by atoms with Crippen LogP contribution in [-0.4, -0.2) is 21.7 Å². The van der Waals surface area contributed by atoms with Crippen molar-refractivity contribution in [2.75, 3.05) is 0 Å². The van der Waals surface area contributed by atoms with Gasteiger partial charge in [-0.2, -0.15) is 0 Å². The van der Waals surface area contributed by atoms with Gasteiger partial charge in [0.1, 0.15) is 0 Å². The maximum absolute atomic E-state index is 10.1. The quantitative estimate of drug-likeness (QED) is 0.323. The molecule has 7 aromatic rings. The second kappa shape index (κ2) is 6.93. The predicted molar refractivity (Wildman–Crippen MR) is 141 cm³/mol. The normalized spacial score (nSPS) is 11.9. The largest absolute Gasteiger partial charge is 0.489 e. The van der Waals surface area contributed by atoms with Crippen molar-refractivity contribution in [2.45, 2.75) is 0 Å². The van der Waals surface area contributed by atoms with Crippen molar-refractivity contribution in [3.05, 3.63) is 97.1 Å². The van der Waals surface area contributed by atoms with Crippen LogP contribution in [0.4, 0.5) is 0 Å². The fourth-order valence-electron chi connectivity index (χ4n) is 5.14. The highest BCUT2D eigenvalue weighted by molar-refractivity contribution is 7.27. The van der Waals surface area contributed by atoms with Gasteiger partial charge in [0.25, 0.3) is 0 Å². The predicted octanol–water partition coefficient (Wildman–Crippen LogP) is 5.98. The summed E-state index contributed by atoms with van der Waals surface area (Å²) in [7, 11) is -1.52. The van der Waals surface area contributed by atoms with Gasteiger partial charge in [-0.25, -0.2) is 0 Å². The SMILES string of the molecule is OB(O)c1ccc(-n2c3ccccc3c3cc4ccccc4cc32)c2c1sc1ccccc12. The maximum atomic E-state index is 10.1. The monoisotopic (exact) mass is 443 g/mol. The Balaban J connectivity index is 1.71. The molecule has 0 spiro atoms. The van der Waals surface area contributed by atoms with Gasteiger partial charge in [0.15, 0.2) is 0 Å². The second-order valence-electron chi connectivity index (χ2n) is 8.42. The highest BCUT2D eigenvalue weighted by Gasteiger charge is 2.22. The van der Waals surface area contributed by atoms with Crippen LogP contribution in [0.1, 0.15) is 0 Å². The van der Waals surface area contributed by atoms with Crippen LogP contribution in [0.2, 0.25) is 0 Å². The first-order valence-corrected chi connectivity index (χ1v) is 11.7. The zero-order chi connectivity index (χ0) is 22.1. The fourth-order valence-corrected chi connectivity index (χ4v) is 6.39. The number of rotatable bonds is 2. The van der Waals surface area contributed by atoms with Crippen LogP contribution in [0.3, 0.4) is 0 Å². The fraction of sp³-hybridized carbons (Fsp3) is 0. The first-order valence-electron chi connectivity index (χ1n) is 10.9. The number of aromatic nitrogens is 1. The highest BCUT2D eigenvalue weighted by atomic mass is 32.1. The smallest absolute Gasteiger partial charge is 0.423 e. The minimum atomic E-state index is -1.52. The number of fused-ring (bicyclic) bond motifs is 7. The van der Waals surface area contributed by atoms with Crippen LogP contribution in [0.5, 0.6) is 0 Å². The van der Waals surface area contributed by atoms with E-state index in [1.807, 2.05) is 24.3 Å². The molecule has 2 N–H and O–H groups in total. The third-order valence-corrected chi connectivity index (χ3v) is 7.81. The summed E-state index contributed by atoms with van der Waals surface area (Å²) in [6.07, 6.45) is 0. The van der Waals surface area contributed by atoms with Gasteiger partial charge in [-0.05, 0) is 41.1 Å². The van der Waals surface area contributed by atoms with E-state index in [1.54, 1.807) is 11.3 Å². The molecule has 5 heteroatoms. The highest BCUT2D eigenvalue weighted by Crippen LogP contribution is 2.41. The van der Waals surface area contributed by atoms with Gasteiger partial charge >= 0.3 is 7.12 Å². The van der Waals surface area contributed by atoms with Crippen molar-refractivity contribution in [1.82, 2.24) is 4.57 Å². The van der Waals surface area contributed by atoms with Gasteiger partial charge in [-0.15, -0.1) is 11.3 Å². The van der Waals surface area contributed by atoms with Crippen LogP contribution >= 0.6 is 11.3 Å². The van der Waals surface area contributed by atoms with Crippen molar-refractivity contribution in [3.63, 3.8) is 0 Å². The molecule has 33 heavy (non-hydrogen) atoms. The Bertz CT molecular complexity index is 1870. The third-order valence-electron chi connectivity index (χ3n) is 6.59. The molecule has 0 amide bonds. The van der Waals surface area contributed by atoms with E-state index in [9.17, 15) is 10.0 Å². The van der Waals surface area contributed by atoms with Gasteiger partial charge in [0, 0.05) is 36.4 Å². The molecule has 0 radical (unpaired) electrons. The van der Waals surface area contributed by atoms with E-state index in [2.05, 4.69) is 77.4 Å². The van der Waals surface area contributed by atoms with E-state index in [1.165, 1.54) is 21.5 Å². The Morgan fingerprint density at radius 2 is 1.33 bits per heavy atom.